The summed E-state index contributed by atoms with van der Waals surface area (Å²) in [6.45, 7) is 1.40. The average Bonchev–Trinajstić information content (AvgIpc) is 3.25. The molecule has 10 nitrogen and oxygen atoms in total. The van der Waals surface area contributed by atoms with Crippen LogP contribution in [0.2, 0.25) is 0 Å². The molecule has 0 aliphatic heterocycles. The molecule has 1 heterocycles. The highest BCUT2D eigenvalue weighted by Crippen LogP contribution is 2.29. The van der Waals surface area contributed by atoms with Crippen LogP contribution < -0.4 is 10.1 Å². The van der Waals surface area contributed by atoms with Gasteiger partial charge in [-0.3, -0.25) is 20.0 Å². The maximum atomic E-state index is 12.4. The van der Waals surface area contributed by atoms with Crippen LogP contribution in [0.4, 0.5) is 11.4 Å². The van der Waals surface area contributed by atoms with Gasteiger partial charge in [0.05, 0.1) is 29.5 Å². The number of nitrogens with one attached hydrogen (secondary N) is 2. The minimum absolute atomic E-state index is 0.0985. The molecule has 1 aromatic heterocycles. The summed E-state index contributed by atoms with van der Waals surface area (Å²) in [5.74, 6) is -1.27. The first-order valence-electron chi connectivity index (χ1n) is 8.84. The van der Waals surface area contributed by atoms with Crippen LogP contribution in [0, 0.1) is 10.1 Å². The van der Waals surface area contributed by atoms with E-state index in [0.29, 0.717) is 5.69 Å². The lowest BCUT2D eigenvalue weighted by Crippen LogP contribution is -2.30. The number of nitro groups is 1. The lowest BCUT2D eigenvalue weighted by Gasteiger charge is -2.14. The predicted octanol–water partition coefficient (Wildman–Crippen LogP) is 3.18. The van der Waals surface area contributed by atoms with E-state index >= 15 is 0 Å². The van der Waals surface area contributed by atoms with E-state index in [0.717, 1.165) is 5.56 Å². The van der Waals surface area contributed by atoms with E-state index in [4.69, 9.17) is 9.47 Å². The van der Waals surface area contributed by atoms with Gasteiger partial charge in [0.2, 0.25) is 0 Å². The van der Waals surface area contributed by atoms with E-state index in [9.17, 15) is 19.7 Å². The van der Waals surface area contributed by atoms with E-state index in [1.54, 1.807) is 0 Å². The van der Waals surface area contributed by atoms with Crippen molar-refractivity contribution in [2.24, 2.45) is 0 Å². The van der Waals surface area contributed by atoms with Crippen molar-refractivity contribution in [1.82, 2.24) is 10.2 Å². The Morgan fingerprint density at radius 1 is 1.17 bits per heavy atom. The maximum Gasteiger partial charge on any atom is 0.357 e. The Bertz CT molecular complexity index is 1080. The first-order chi connectivity index (χ1) is 14.4. The molecule has 0 saturated carbocycles. The van der Waals surface area contributed by atoms with E-state index < -0.39 is 22.9 Å². The van der Waals surface area contributed by atoms with Crippen LogP contribution in [0.5, 0.6) is 5.75 Å². The number of aromatic amines is 1. The highest BCUT2D eigenvalue weighted by molar-refractivity contribution is 5.98. The number of carbonyl (C=O) groups excluding carboxylic acids is 2. The van der Waals surface area contributed by atoms with Gasteiger partial charge in [-0.2, -0.15) is 5.10 Å². The number of hydrogen-bond acceptors (Lipinski definition) is 7. The number of rotatable bonds is 7. The Labute approximate surface area is 171 Å². The molecule has 2 N–H and O–H groups in total. The highest BCUT2D eigenvalue weighted by Gasteiger charge is 2.22. The topological polar surface area (TPSA) is 136 Å². The third kappa shape index (κ3) is 4.61. The second kappa shape index (κ2) is 8.86. The summed E-state index contributed by atoms with van der Waals surface area (Å²) >= 11 is 0. The van der Waals surface area contributed by atoms with Crippen LogP contribution >= 0.6 is 0 Å². The zero-order valence-corrected chi connectivity index (χ0v) is 16.1. The average molecular weight is 410 g/mol. The van der Waals surface area contributed by atoms with Gasteiger partial charge in [-0.15, -0.1) is 0 Å². The number of nitrogens with zero attached hydrogens (tertiary/aromatic N) is 2. The molecule has 10 heteroatoms. The van der Waals surface area contributed by atoms with Crippen molar-refractivity contribution in [2.75, 3.05) is 12.4 Å². The molecule has 1 amide bonds. The van der Waals surface area contributed by atoms with Crippen LogP contribution in [0.3, 0.4) is 0 Å². The summed E-state index contributed by atoms with van der Waals surface area (Å²) in [5.41, 5.74) is 1.52. The van der Waals surface area contributed by atoms with Crippen molar-refractivity contribution in [2.45, 2.75) is 13.0 Å². The van der Waals surface area contributed by atoms with Crippen LogP contribution in [0.1, 0.15) is 17.4 Å². The van der Waals surface area contributed by atoms with E-state index in [1.807, 2.05) is 30.3 Å². The molecule has 2 aromatic carbocycles. The van der Waals surface area contributed by atoms with Crippen molar-refractivity contribution in [3.63, 3.8) is 0 Å². The molecule has 1 atom stereocenters. The number of esters is 1. The van der Waals surface area contributed by atoms with Gasteiger partial charge in [0.25, 0.3) is 11.6 Å². The van der Waals surface area contributed by atoms with E-state index in [2.05, 4.69) is 15.5 Å². The highest BCUT2D eigenvalue weighted by atomic mass is 16.6. The second-order valence-electron chi connectivity index (χ2n) is 6.21. The maximum absolute atomic E-state index is 12.4. The fraction of sp³-hybridized carbons (Fsp3) is 0.150. The molecule has 3 rings (SSSR count). The molecule has 0 fully saturated rings. The number of carbonyl (C=O) groups is 2. The van der Waals surface area contributed by atoms with Crippen molar-refractivity contribution in [3.05, 3.63) is 70.4 Å². The third-order valence-corrected chi connectivity index (χ3v) is 4.17. The number of hydrogen-bond donors (Lipinski definition) is 2. The van der Waals surface area contributed by atoms with Crippen LogP contribution in [-0.4, -0.2) is 40.2 Å². The number of benzene rings is 2. The lowest BCUT2D eigenvalue weighted by molar-refractivity contribution is -0.384. The first kappa shape index (κ1) is 20.5. The van der Waals surface area contributed by atoms with Gasteiger partial charge < -0.3 is 14.8 Å². The van der Waals surface area contributed by atoms with Crippen LogP contribution in [0.15, 0.2) is 54.6 Å². The third-order valence-electron chi connectivity index (χ3n) is 4.17. The second-order valence-corrected chi connectivity index (χ2v) is 6.21. The summed E-state index contributed by atoms with van der Waals surface area (Å²) in [6, 6.07) is 14.5. The number of methoxy groups -OCH3 is 1. The smallest absolute Gasteiger partial charge is 0.357 e. The summed E-state index contributed by atoms with van der Waals surface area (Å²) in [6.07, 6.45) is -1.14. The summed E-state index contributed by atoms with van der Waals surface area (Å²) in [7, 11) is 1.32. The summed E-state index contributed by atoms with van der Waals surface area (Å²) < 4.78 is 10.3. The molecule has 0 bridgehead atoms. The number of ether oxygens (including phenoxy) is 2. The fourth-order valence-corrected chi connectivity index (χ4v) is 2.59. The van der Waals surface area contributed by atoms with Gasteiger partial charge in [0, 0.05) is 11.6 Å². The molecule has 0 unspecified atom stereocenters. The fourth-order valence-electron chi connectivity index (χ4n) is 2.59. The Hall–Kier alpha value is -4.21. The first-order valence-corrected chi connectivity index (χ1v) is 8.84. The number of aromatic nitrogens is 2. The largest absolute Gasteiger partial charge is 0.494 e. The van der Waals surface area contributed by atoms with Gasteiger partial charge in [-0.05, 0) is 19.1 Å². The van der Waals surface area contributed by atoms with Crippen molar-refractivity contribution in [1.29, 1.82) is 0 Å². The van der Waals surface area contributed by atoms with Gasteiger partial charge in [0.1, 0.15) is 11.4 Å². The number of amides is 1. The standard InChI is InChI=1S/C20H18N4O6/c1-12(19(25)21-15-9-8-14(24(27)28)10-18(15)29-2)30-20(26)17-11-16(22-23-17)13-6-4-3-5-7-13/h3-12H,1-2H3,(H,21,25)(H,22,23)/t12-/m0/s1. The predicted molar refractivity (Wildman–Crippen MR) is 107 cm³/mol. The molecule has 0 spiro atoms. The zero-order valence-electron chi connectivity index (χ0n) is 16.1. The molecule has 30 heavy (non-hydrogen) atoms. The van der Waals surface area contributed by atoms with Crippen molar-refractivity contribution < 1.29 is 24.0 Å². The minimum Gasteiger partial charge on any atom is -0.494 e. The Morgan fingerprint density at radius 2 is 1.90 bits per heavy atom. The molecular weight excluding hydrogens is 392 g/mol. The number of H-pyrrole nitrogens is 1. The van der Waals surface area contributed by atoms with Crippen molar-refractivity contribution >= 4 is 23.3 Å². The molecule has 0 radical (unpaired) electrons. The van der Waals surface area contributed by atoms with Gasteiger partial charge in [-0.1, -0.05) is 30.3 Å². The molecule has 0 saturated heterocycles. The Kier molecular flexibility index (Phi) is 6.06. The van der Waals surface area contributed by atoms with Gasteiger partial charge in [-0.25, -0.2) is 4.79 Å². The van der Waals surface area contributed by atoms with Gasteiger partial charge in [0.15, 0.2) is 6.10 Å². The molecule has 0 aliphatic rings. The quantitative estimate of drug-likeness (QED) is 0.347. The van der Waals surface area contributed by atoms with Crippen LogP contribution in [0.25, 0.3) is 11.3 Å². The molecule has 3 aromatic rings. The summed E-state index contributed by atoms with van der Waals surface area (Å²) in [4.78, 5) is 35.0. The number of non-ortho nitro benzene ring substituents is 1. The Balaban J connectivity index is 1.65. The monoisotopic (exact) mass is 410 g/mol. The minimum atomic E-state index is -1.14. The molecule has 0 aliphatic carbocycles. The number of anilines is 1. The lowest BCUT2D eigenvalue weighted by atomic mass is 10.1. The normalized spacial score (nSPS) is 11.4. The Morgan fingerprint density at radius 3 is 2.57 bits per heavy atom. The van der Waals surface area contributed by atoms with Crippen LogP contribution in [-0.2, 0) is 9.53 Å². The molecular formula is C20H18N4O6. The summed E-state index contributed by atoms with van der Waals surface area (Å²) in [5, 5.41) is 20.0. The molecule has 154 valence electrons. The SMILES string of the molecule is COc1cc([N+](=O)[O-])ccc1NC(=O)[C@H](C)OC(=O)c1cc(-c2ccccc2)n[nH]1. The zero-order chi connectivity index (χ0) is 21.7. The van der Waals surface area contributed by atoms with Crippen molar-refractivity contribution in [3.8, 4) is 17.0 Å². The number of nitro benzene ring substituents is 1. The van der Waals surface area contributed by atoms with E-state index in [-0.39, 0.29) is 22.8 Å². The van der Waals surface area contributed by atoms with E-state index in [1.165, 1.54) is 38.3 Å². The van der Waals surface area contributed by atoms with Gasteiger partial charge >= 0.3 is 5.97 Å².